The van der Waals surface area contributed by atoms with Gasteiger partial charge in [-0.15, -0.1) is 0 Å². The van der Waals surface area contributed by atoms with Crippen LogP contribution in [0.15, 0.2) is 391 Å². The van der Waals surface area contributed by atoms with Gasteiger partial charge in [0.15, 0.2) is 0 Å². The molecule has 3 N–H and O–H groups in total. The van der Waals surface area contributed by atoms with Crippen molar-refractivity contribution in [2.24, 2.45) is 0 Å². The molecule has 112 heavy (non-hydrogen) atoms. The zero-order chi connectivity index (χ0) is 76.6. The molecule has 10 heteroatoms. The molecule has 21 rings (SSSR count). The van der Waals surface area contributed by atoms with Crippen LogP contribution >= 0.6 is 70.4 Å². The number of fused-ring (bicyclic) bond motifs is 15. The zero-order valence-corrected chi connectivity index (χ0v) is 68.8. The fraction of sp³-hybridized carbons (Fsp3) is 0.0588. The van der Waals surface area contributed by atoms with E-state index in [1.54, 1.807) is 0 Å². The van der Waals surface area contributed by atoms with Crippen molar-refractivity contribution in [1.82, 2.24) is 0 Å². The van der Waals surface area contributed by atoms with Gasteiger partial charge in [0, 0.05) is 94.3 Å². The molecule has 0 radical (unpaired) electrons. The Hall–Kier alpha value is -11.5. The van der Waals surface area contributed by atoms with Crippen LogP contribution in [0.2, 0.25) is 0 Å². The standard InChI is InChI=1S/C39H28BrNO.C24H17NO.C15H12BrI.C12H7BrO.C12H11N/c1-39(2)35-22-27(40)15-18-31(35)32-19-16-30(24-36(32)39)41(28-12-8-11-26(21-28)25-9-4-3-5-10-25)29-17-20-38-34(23-29)33-13-6-7-14-37(33)42-38;1-2-7-17(8-3-1)18-9-6-10-19(15-18)25-20-13-14-24-22(16-20)21-11-4-5-12-23(21)26-24;1-15(2)13-7-9(16)3-5-11(13)12-6-4-10(17)8-14(12)15;13-8-5-6-12-10(7-8)9-3-1-2-4-11(9)14-12;13-12-8-4-7-11(9-12)10-5-2-1-3-6-10/h3-24H,1-2H3;1-16,25H;3-8H,1-2H3;1-7H;1-9H,13H2. The molecule has 2 aliphatic rings. The van der Waals surface area contributed by atoms with Crippen LogP contribution in [0.4, 0.5) is 34.1 Å². The molecule has 6 nitrogen and oxygen atoms in total. The number of nitrogens with two attached hydrogens (primary N) is 1. The summed E-state index contributed by atoms with van der Waals surface area (Å²) in [7, 11) is 0. The normalized spacial score (nSPS) is 12.5. The van der Waals surface area contributed by atoms with E-state index < -0.39 is 0 Å². The van der Waals surface area contributed by atoms with Gasteiger partial charge in [-0.3, -0.25) is 0 Å². The van der Waals surface area contributed by atoms with Crippen LogP contribution in [0.25, 0.3) is 121 Å². The van der Waals surface area contributed by atoms with Crippen molar-refractivity contribution < 1.29 is 13.3 Å². The van der Waals surface area contributed by atoms with Crippen molar-refractivity contribution in [3.63, 3.8) is 0 Å². The third-order valence-corrected chi connectivity index (χ3v) is 23.4. The van der Waals surface area contributed by atoms with Crippen molar-refractivity contribution in [2.75, 3.05) is 16.0 Å². The number of anilines is 6. The highest BCUT2D eigenvalue weighted by Gasteiger charge is 2.37. The number of para-hydroxylation sites is 3. The second-order valence-electron chi connectivity index (χ2n) is 29.2. The van der Waals surface area contributed by atoms with Crippen molar-refractivity contribution in [3.05, 3.63) is 403 Å². The molecule has 544 valence electrons. The molecule has 3 aromatic heterocycles. The minimum absolute atomic E-state index is 0.107. The molecular weight excluding hydrogens is 1680 g/mol. The number of nitrogens with zero attached hydrogens (tertiary/aromatic N) is 1. The van der Waals surface area contributed by atoms with Crippen LogP contribution in [-0.2, 0) is 10.8 Å². The van der Waals surface area contributed by atoms with Gasteiger partial charge in [0.2, 0.25) is 0 Å². The van der Waals surface area contributed by atoms with Gasteiger partial charge < -0.3 is 29.2 Å². The van der Waals surface area contributed by atoms with Crippen LogP contribution in [-0.4, -0.2) is 0 Å². The number of halogens is 4. The van der Waals surface area contributed by atoms with Gasteiger partial charge in [-0.1, -0.05) is 282 Å². The first-order chi connectivity index (χ1) is 54.5. The van der Waals surface area contributed by atoms with Gasteiger partial charge >= 0.3 is 0 Å². The van der Waals surface area contributed by atoms with E-state index in [2.05, 4.69) is 363 Å². The molecule has 2 aliphatic carbocycles. The second kappa shape index (κ2) is 31.3. The lowest BCUT2D eigenvalue weighted by molar-refractivity contribution is 0.659. The predicted molar refractivity (Wildman–Crippen MR) is 490 cm³/mol. The third kappa shape index (κ3) is 14.9. The van der Waals surface area contributed by atoms with Gasteiger partial charge in [0.1, 0.15) is 33.5 Å². The van der Waals surface area contributed by atoms with E-state index in [4.69, 9.17) is 19.0 Å². The number of benzene rings is 16. The van der Waals surface area contributed by atoms with E-state index in [-0.39, 0.29) is 10.8 Å². The van der Waals surface area contributed by atoms with E-state index >= 15 is 0 Å². The Labute approximate surface area is 690 Å². The Kier molecular flexibility index (Phi) is 20.5. The lowest BCUT2D eigenvalue weighted by atomic mass is 9.82. The van der Waals surface area contributed by atoms with E-state index in [1.807, 2.05) is 109 Å². The Morgan fingerprint density at radius 2 is 0.634 bits per heavy atom. The highest BCUT2D eigenvalue weighted by molar-refractivity contribution is 14.1. The SMILES string of the molecule is Brc1ccc2oc3ccccc3c2c1.CC1(C)c2cc(Br)ccc2-c2ccc(I)cc21.CC1(C)c2cc(Br)ccc2-c2ccc(N(c3cccc(-c4ccccc4)c3)c3ccc4oc5ccccc5c4c3)cc21.Nc1cccc(-c2ccccc2)c1.c1ccc(-c2cccc(Nc3ccc4oc5ccccc5c4c3)c2)cc1. The number of nitrogen functional groups attached to an aromatic ring is 1. The topological polar surface area (TPSA) is 80.7 Å². The number of hydrogen-bond acceptors (Lipinski definition) is 6. The Morgan fingerprint density at radius 3 is 1.18 bits per heavy atom. The molecule has 0 bridgehead atoms. The molecule has 19 aromatic rings. The summed E-state index contributed by atoms with van der Waals surface area (Å²) in [6.07, 6.45) is 0. The van der Waals surface area contributed by atoms with Gasteiger partial charge in [-0.25, -0.2) is 0 Å². The van der Waals surface area contributed by atoms with Gasteiger partial charge in [-0.05, 0) is 258 Å². The number of furan rings is 3. The van der Waals surface area contributed by atoms with Gasteiger partial charge in [-0.2, -0.15) is 0 Å². The summed E-state index contributed by atoms with van der Waals surface area (Å²) in [6, 6.07) is 127. The van der Waals surface area contributed by atoms with Crippen LogP contribution in [0.5, 0.6) is 0 Å². The van der Waals surface area contributed by atoms with Crippen LogP contribution in [0.3, 0.4) is 0 Å². The molecule has 16 aromatic carbocycles. The Balaban J connectivity index is 0.000000110. The first kappa shape index (κ1) is 73.3. The average molecular weight is 1760 g/mol. The summed E-state index contributed by atoms with van der Waals surface area (Å²) in [4.78, 5) is 2.38. The number of nitrogens with one attached hydrogen (secondary N) is 1. The number of hydrogen-bond donors (Lipinski definition) is 2. The molecule has 0 fully saturated rings. The summed E-state index contributed by atoms with van der Waals surface area (Å²) in [5.41, 5.74) is 35.6. The average Bonchev–Trinajstić information content (AvgIpc) is 1.58. The lowest BCUT2D eigenvalue weighted by Gasteiger charge is -2.28. The molecule has 0 saturated carbocycles. The minimum atomic E-state index is -0.118. The lowest BCUT2D eigenvalue weighted by Crippen LogP contribution is -2.16. The molecule has 0 atom stereocenters. The quantitative estimate of drug-likeness (QED) is 0.117. The summed E-state index contributed by atoms with van der Waals surface area (Å²) in [5, 5.41) is 10.4. The maximum atomic E-state index is 6.19. The molecule has 0 amide bonds. The third-order valence-electron chi connectivity index (χ3n) is 21.3. The van der Waals surface area contributed by atoms with E-state index in [9.17, 15) is 0 Å². The molecule has 0 saturated heterocycles. The maximum absolute atomic E-state index is 6.19. The minimum Gasteiger partial charge on any atom is -0.456 e. The number of rotatable bonds is 8. The van der Waals surface area contributed by atoms with E-state index in [0.717, 1.165) is 108 Å². The van der Waals surface area contributed by atoms with Crippen LogP contribution in [0, 0.1) is 3.57 Å². The van der Waals surface area contributed by atoms with Crippen molar-refractivity contribution in [2.45, 2.75) is 38.5 Å². The van der Waals surface area contributed by atoms with E-state index in [0.29, 0.717) is 0 Å². The summed E-state index contributed by atoms with van der Waals surface area (Å²) < 4.78 is 22.4. The van der Waals surface area contributed by atoms with Gasteiger partial charge in [0.25, 0.3) is 0 Å². The molecule has 0 spiro atoms. The largest absolute Gasteiger partial charge is 0.456 e. The van der Waals surface area contributed by atoms with Crippen LogP contribution < -0.4 is 16.0 Å². The predicted octanol–water partition coefficient (Wildman–Crippen LogP) is 31.4. The maximum Gasteiger partial charge on any atom is 0.135 e. The highest BCUT2D eigenvalue weighted by Crippen LogP contribution is 2.53. The van der Waals surface area contributed by atoms with E-state index in [1.165, 1.54) is 86.8 Å². The first-order valence-corrected chi connectivity index (χ1v) is 40.7. The smallest absolute Gasteiger partial charge is 0.135 e. The molecule has 0 unspecified atom stereocenters. The molecular formula is C102H75Br3IN3O3. The van der Waals surface area contributed by atoms with Crippen LogP contribution in [0.1, 0.15) is 49.9 Å². The fourth-order valence-corrected chi connectivity index (χ4v) is 17.3. The molecule has 3 heterocycles. The zero-order valence-electron chi connectivity index (χ0n) is 61.9. The monoisotopic (exact) mass is 1750 g/mol. The van der Waals surface area contributed by atoms with Crippen molar-refractivity contribution >= 4 is 170 Å². The second-order valence-corrected chi connectivity index (χ2v) is 33.2. The Morgan fingerprint density at radius 1 is 0.277 bits per heavy atom. The van der Waals surface area contributed by atoms with Crippen molar-refractivity contribution in [3.8, 4) is 55.6 Å². The first-order valence-electron chi connectivity index (χ1n) is 37.3. The summed E-state index contributed by atoms with van der Waals surface area (Å²) >= 11 is 13.1. The van der Waals surface area contributed by atoms with Gasteiger partial charge in [0.05, 0.1) is 0 Å². The molecule has 0 aliphatic heterocycles. The highest BCUT2D eigenvalue weighted by atomic mass is 127. The summed E-state index contributed by atoms with van der Waals surface area (Å²) in [5.74, 6) is 0. The fourth-order valence-electron chi connectivity index (χ4n) is 15.7. The van der Waals surface area contributed by atoms with Crippen molar-refractivity contribution in [1.29, 1.82) is 0 Å². The Bertz CT molecular complexity index is 6650. The summed E-state index contributed by atoms with van der Waals surface area (Å²) in [6.45, 7) is 9.27.